The summed E-state index contributed by atoms with van der Waals surface area (Å²) in [5, 5.41) is 0. The predicted octanol–water partition coefficient (Wildman–Crippen LogP) is 2.19. The molecule has 1 aromatic rings. The molecule has 1 N–H and O–H groups in total. The van der Waals surface area contributed by atoms with Crippen molar-refractivity contribution in [1.29, 1.82) is 0 Å². The first-order valence-corrected chi connectivity index (χ1v) is 10.8. The Hall–Kier alpha value is -1.69. The minimum atomic E-state index is 0.0465. The lowest BCUT2D eigenvalue weighted by atomic mass is 9.92. The number of aromatic amines is 1. The van der Waals surface area contributed by atoms with Gasteiger partial charge in [-0.3, -0.25) is 14.5 Å². The van der Waals surface area contributed by atoms with Gasteiger partial charge in [0.2, 0.25) is 5.91 Å². The number of rotatable bonds is 3. The van der Waals surface area contributed by atoms with E-state index in [1.54, 1.807) is 0 Å². The lowest BCUT2D eigenvalue weighted by Crippen LogP contribution is -2.42. The molecule has 3 fully saturated rings. The van der Waals surface area contributed by atoms with Crippen molar-refractivity contribution in [3.63, 3.8) is 0 Å². The molecule has 146 valence electrons. The van der Waals surface area contributed by atoms with E-state index in [1.807, 2.05) is 4.90 Å². The molecule has 0 aromatic carbocycles. The maximum absolute atomic E-state index is 12.7. The van der Waals surface area contributed by atoms with Crippen molar-refractivity contribution in [3.05, 3.63) is 27.4 Å². The molecule has 6 nitrogen and oxygen atoms in total. The minimum Gasteiger partial charge on any atom is -0.342 e. The van der Waals surface area contributed by atoms with Crippen molar-refractivity contribution >= 4 is 5.91 Å². The van der Waals surface area contributed by atoms with Crippen LogP contribution in [0.1, 0.15) is 74.4 Å². The number of H-pyrrole nitrogens is 1. The van der Waals surface area contributed by atoms with Crippen LogP contribution in [0, 0.1) is 5.92 Å². The second-order valence-electron chi connectivity index (χ2n) is 8.93. The van der Waals surface area contributed by atoms with Crippen molar-refractivity contribution in [2.45, 2.75) is 76.3 Å². The highest BCUT2D eigenvalue weighted by atomic mass is 16.2. The largest absolute Gasteiger partial charge is 0.342 e. The zero-order valence-electron chi connectivity index (χ0n) is 16.1. The average molecular weight is 370 g/mol. The summed E-state index contributed by atoms with van der Waals surface area (Å²) in [5.41, 5.74) is 1.91. The van der Waals surface area contributed by atoms with E-state index in [-0.39, 0.29) is 17.4 Å². The van der Waals surface area contributed by atoms with Crippen LogP contribution in [0.25, 0.3) is 0 Å². The number of fused-ring (bicyclic) bond motifs is 1. The minimum absolute atomic E-state index is 0.0465. The fraction of sp³-hybridized carbons (Fsp3) is 0.762. The fourth-order valence-corrected chi connectivity index (χ4v) is 5.20. The van der Waals surface area contributed by atoms with Crippen molar-refractivity contribution in [1.82, 2.24) is 19.8 Å². The number of carbonyl (C=O) groups is 1. The topological polar surface area (TPSA) is 69.3 Å². The first-order chi connectivity index (χ1) is 13.2. The summed E-state index contributed by atoms with van der Waals surface area (Å²) >= 11 is 0. The van der Waals surface area contributed by atoms with Crippen LogP contribution < -0.4 is 5.56 Å². The van der Waals surface area contributed by atoms with Gasteiger partial charge in [0, 0.05) is 49.6 Å². The van der Waals surface area contributed by atoms with E-state index in [2.05, 4.69) is 9.88 Å². The van der Waals surface area contributed by atoms with Gasteiger partial charge in [-0.05, 0) is 38.5 Å². The number of likely N-dealkylation sites (tertiary alicyclic amines) is 1. The summed E-state index contributed by atoms with van der Waals surface area (Å²) < 4.78 is 0. The maximum atomic E-state index is 12.7. The number of amides is 1. The zero-order chi connectivity index (χ0) is 18.4. The molecule has 3 heterocycles. The summed E-state index contributed by atoms with van der Waals surface area (Å²) in [6.45, 7) is 3.31. The summed E-state index contributed by atoms with van der Waals surface area (Å²) in [6.07, 6.45) is 10.4. The third-order valence-electron chi connectivity index (χ3n) is 7.03. The predicted molar refractivity (Wildman–Crippen MR) is 103 cm³/mol. The Morgan fingerprint density at radius 3 is 2.63 bits per heavy atom. The lowest BCUT2D eigenvalue weighted by molar-refractivity contribution is -0.131. The van der Waals surface area contributed by atoms with E-state index in [1.165, 1.54) is 32.1 Å². The molecule has 0 bridgehead atoms. The summed E-state index contributed by atoms with van der Waals surface area (Å²) in [4.78, 5) is 37.5. The zero-order valence-corrected chi connectivity index (χ0v) is 16.1. The van der Waals surface area contributed by atoms with E-state index in [9.17, 15) is 9.59 Å². The molecular formula is C21H30N4O2. The molecule has 2 saturated carbocycles. The lowest BCUT2D eigenvalue weighted by Gasteiger charge is -2.37. The molecular weight excluding hydrogens is 340 g/mol. The van der Waals surface area contributed by atoms with Crippen LogP contribution in [0.3, 0.4) is 0 Å². The van der Waals surface area contributed by atoms with E-state index < -0.39 is 0 Å². The fourth-order valence-electron chi connectivity index (χ4n) is 5.20. The number of nitrogens with zero attached hydrogens (tertiary/aromatic N) is 3. The van der Waals surface area contributed by atoms with Gasteiger partial charge in [0.1, 0.15) is 5.82 Å². The molecule has 0 radical (unpaired) electrons. The second-order valence-corrected chi connectivity index (χ2v) is 8.93. The van der Waals surface area contributed by atoms with E-state index >= 15 is 0 Å². The Morgan fingerprint density at radius 2 is 1.85 bits per heavy atom. The molecule has 4 aliphatic rings. The van der Waals surface area contributed by atoms with Gasteiger partial charge in [-0.1, -0.05) is 19.3 Å². The van der Waals surface area contributed by atoms with Gasteiger partial charge >= 0.3 is 0 Å². The number of aromatic nitrogens is 2. The summed E-state index contributed by atoms with van der Waals surface area (Å²) in [5.74, 6) is 1.55. The molecule has 1 atom stereocenters. The summed E-state index contributed by atoms with van der Waals surface area (Å²) in [6, 6.07) is 0.662. The van der Waals surface area contributed by atoms with E-state index in [0.717, 1.165) is 62.4 Å². The van der Waals surface area contributed by atoms with Crippen LogP contribution in [0.5, 0.6) is 0 Å². The van der Waals surface area contributed by atoms with Gasteiger partial charge in [0.15, 0.2) is 0 Å². The molecule has 1 amide bonds. The van der Waals surface area contributed by atoms with Crippen LogP contribution in [0.15, 0.2) is 4.79 Å². The number of carbonyl (C=O) groups excluding carboxylic acids is 1. The van der Waals surface area contributed by atoms with Crippen LogP contribution >= 0.6 is 0 Å². The number of nitrogens with one attached hydrogen (secondary N) is 1. The maximum Gasteiger partial charge on any atom is 0.254 e. The highest BCUT2D eigenvalue weighted by Gasteiger charge is 2.38. The molecule has 2 aliphatic heterocycles. The van der Waals surface area contributed by atoms with Crippen LogP contribution in [0.4, 0.5) is 0 Å². The third-order valence-corrected chi connectivity index (χ3v) is 7.03. The van der Waals surface area contributed by atoms with Crippen LogP contribution in [0.2, 0.25) is 0 Å². The number of hydrogen-bond acceptors (Lipinski definition) is 4. The smallest absolute Gasteiger partial charge is 0.254 e. The highest BCUT2D eigenvalue weighted by molar-refractivity contribution is 5.81. The second kappa shape index (κ2) is 7.04. The molecule has 1 aromatic heterocycles. The molecule has 2 aliphatic carbocycles. The Labute approximate surface area is 160 Å². The van der Waals surface area contributed by atoms with Crippen molar-refractivity contribution in [2.75, 3.05) is 19.6 Å². The van der Waals surface area contributed by atoms with Crippen LogP contribution in [-0.4, -0.2) is 51.4 Å². The Bertz CT molecular complexity index is 779. The van der Waals surface area contributed by atoms with Gasteiger partial charge in [-0.2, -0.15) is 0 Å². The van der Waals surface area contributed by atoms with Gasteiger partial charge in [0.25, 0.3) is 5.56 Å². The molecule has 6 heteroatoms. The molecule has 5 rings (SSSR count). The average Bonchev–Trinajstić information content (AvgIpc) is 3.44. The van der Waals surface area contributed by atoms with Crippen molar-refractivity contribution < 1.29 is 4.79 Å². The molecule has 0 unspecified atom stereocenters. The third kappa shape index (κ3) is 3.44. The van der Waals surface area contributed by atoms with E-state index in [4.69, 9.17) is 4.98 Å². The van der Waals surface area contributed by atoms with Crippen molar-refractivity contribution in [3.8, 4) is 0 Å². The van der Waals surface area contributed by atoms with Crippen LogP contribution in [-0.2, 0) is 17.8 Å². The monoisotopic (exact) mass is 370 g/mol. The van der Waals surface area contributed by atoms with Crippen molar-refractivity contribution in [2.24, 2.45) is 5.92 Å². The standard InChI is InChI=1S/C21H30N4O2/c26-20-17-9-11-24(16-4-2-1-3-5-16)13-18(17)22-19(23-20)15-8-10-25(12-15)21(27)14-6-7-14/h14-16H,1-13H2,(H,22,23,26)/t15-/m1/s1. The van der Waals surface area contributed by atoms with Gasteiger partial charge < -0.3 is 9.88 Å². The number of hydrogen-bond donors (Lipinski definition) is 1. The normalized spacial score (nSPS) is 27.0. The Kier molecular flexibility index (Phi) is 4.54. The summed E-state index contributed by atoms with van der Waals surface area (Å²) in [7, 11) is 0. The SMILES string of the molecule is O=C(C1CC1)N1CC[C@@H](c2nc3c(c(=O)[nH]2)CCN(C2CCCCC2)C3)C1. The molecule has 27 heavy (non-hydrogen) atoms. The molecule has 1 saturated heterocycles. The van der Waals surface area contributed by atoms with Gasteiger partial charge in [-0.15, -0.1) is 0 Å². The quantitative estimate of drug-likeness (QED) is 0.885. The van der Waals surface area contributed by atoms with E-state index in [0.29, 0.717) is 18.5 Å². The first kappa shape index (κ1) is 17.4. The molecule has 0 spiro atoms. The Morgan fingerprint density at radius 1 is 1.04 bits per heavy atom. The van der Waals surface area contributed by atoms with Gasteiger partial charge in [0.05, 0.1) is 5.69 Å². The van der Waals surface area contributed by atoms with Gasteiger partial charge in [-0.25, -0.2) is 4.98 Å². The first-order valence-electron chi connectivity index (χ1n) is 10.8. The Balaban J connectivity index is 1.33. The highest BCUT2D eigenvalue weighted by Crippen LogP contribution is 2.34.